The van der Waals surface area contributed by atoms with Gasteiger partial charge in [-0.2, -0.15) is 0 Å². The van der Waals surface area contributed by atoms with Gasteiger partial charge >= 0.3 is 0 Å². The van der Waals surface area contributed by atoms with Crippen molar-refractivity contribution in [1.82, 2.24) is 10.0 Å². The van der Waals surface area contributed by atoms with Gasteiger partial charge in [0.05, 0.1) is 19.0 Å². The molecule has 2 heterocycles. The quantitative estimate of drug-likeness (QED) is 0.668. The fourth-order valence-corrected chi connectivity index (χ4v) is 2.90. The van der Waals surface area contributed by atoms with Crippen molar-refractivity contribution in [1.29, 1.82) is 0 Å². The molecule has 2 fully saturated rings. The molecule has 0 aliphatic carbocycles. The fraction of sp³-hybridized carbons (Fsp3) is 1.00. The largest absolute Gasteiger partial charge is 0.376 e. The van der Waals surface area contributed by atoms with Crippen LogP contribution in [0.25, 0.3) is 0 Å². The molecule has 6 heteroatoms. The summed E-state index contributed by atoms with van der Waals surface area (Å²) in [6.07, 6.45) is 2.33. The molecule has 0 unspecified atom stereocenters. The zero-order chi connectivity index (χ0) is 10.9. The molecule has 2 saturated heterocycles. The first kappa shape index (κ1) is 11.3. The minimum Gasteiger partial charge on any atom is -0.376 e. The summed E-state index contributed by atoms with van der Waals surface area (Å²) >= 11 is 0. The summed E-state index contributed by atoms with van der Waals surface area (Å²) in [7, 11) is -3.10. The van der Waals surface area contributed by atoms with Crippen LogP contribution in [0, 0.1) is 11.8 Å². The first-order valence-corrected chi connectivity index (χ1v) is 7.22. The number of rotatable bonds is 3. The molecule has 0 radical (unpaired) electrons. The normalized spacial score (nSPS) is 36.5. The van der Waals surface area contributed by atoms with Crippen LogP contribution in [0.2, 0.25) is 0 Å². The average molecular weight is 234 g/mol. The lowest BCUT2D eigenvalue weighted by Crippen LogP contribution is -2.41. The van der Waals surface area contributed by atoms with Crippen LogP contribution in [0.15, 0.2) is 0 Å². The highest BCUT2D eigenvalue weighted by Gasteiger charge is 2.38. The third-order valence-electron chi connectivity index (χ3n) is 3.22. The molecule has 2 aliphatic rings. The lowest BCUT2D eigenvalue weighted by molar-refractivity contribution is 0.0928. The fourth-order valence-electron chi connectivity index (χ4n) is 2.43. The topological polar surface area (TPSA) is 67.4 Å². The van der Waals surface area contributed by atoms with Crippen LogP contribution in [-0.2, 0) is 14.8 Å². The van der Waals surface area contributed by atoms with Crippen LogP contribution in [-0.4, -0.2) is 47.0 Å². The molecule has 0 aromatic carbocycles. The van der Waals surface area contributed by atoms with Crippen LogP contribution in [0.1, 0.15) is 6.42 Å². The van der Waals surface area contributed by atoms with Gasteiger partial charge in [0.25, 0.3) is 0 Å². The van der Waals surface area contributed by atoms with E-state index in [1.807, 2.05) is 0 Å². The summed E-state index contributed by atoms with van der Waals surface area (Å²) < 4.78 is 30.1. The van der Waals surface area contributed by atoms with Crippen molar-refractivity contribution in [3.63, 3.8) is 0 Å². The number of fused-ring (bicyclic) bond motifs is 1. The Morgan fingerprint density at radius 2 is 2.33 bits per heavy atom. The van der Waals surface area contributed by atoms with Crippen molar-refractivity contribution in [2.24, 2.45) is 11.8 Å². The molecule has 88 valence electrons. The van der Waals surface area contributed by atoms with Gasteiger partial charge in [-0.05, 0) is 18.9 Å². The molecule has 0 amide bonds. The predicted molar refractivity (Wildman–Crippen MR) is 57.1 cm³/mol. The van der Waals surface area contributed by atoms with Crippen molar-refractivity contribution >= 4 is 10.0 Å². The van der Waals surface area contributed by atoms with Gasteiger partial charge < -0.3 is 10.1 Å². The van der Waals surface area contributed by atoms with Gasteiger partial charge in [0.15, 0.2) is 0 Å². The van der Waals surface area contributed by atoms with Crippen molar-refractivity contribution in [3.8, 4) is 0 Å². The highest BCUT2D eigenvalue weighted by atomic mass is 32.2. The van der Waals surface area contributed by atoms with Gasteiger partial charge in [0, 0.05) is 19.0 Å². The molecule has 2 aliphatic heterocycles. The average Bonchev–Trinajstić information content (AvgIpc) is 2.57. The van der Waals surface area contributed by atoms with E-state index in [-0.39, 0.29) is 6.10 Å². The number of ether oxygens (including phenoxy) is 1. The van der Waals surface area contributed by atoms with E-state index in [1.165, 1.54) is 6.26 Å². The summed E-state index contributed by atoms with van der Waals surface area (Å²) in [6, 6.07) is 0. The Labute approximate surface area is 90.6 Å². The molecule has 2 rings (SSSR count). The molecule has 0 aromatic rings. The van der Waals surface area contributed by atoms with Gasteiger partial charge in [-0.15, -0.1) is 0 Å². The number of piperidine rings is 1. The van der Waals surface area contributed by atoms with Gasteiger partial charge in [-0.1, -0.05) is 0 Å². The first-order valence-electron chi connectivity index (χ1n) is 5.33. The molecule has 3 atom stereocenters. The second-order valence-electron chi connectivity index (χ2n) is 4.41. The van der Waals surface area contributed by atoms with E-state index in [1.54, 1.807) is 0 Å². The molecule has 2 N–H and O–H groups in total. The van der Waals surface area contributed by atoms with Gasteiger partial charge in [-0.3, -0.25) is 0 Å². The monoisotopic (exact) mass is 234 g/mol. The van der Waals surface area contributed by atoms with Crippen molar-refractivity contribution in [2.75, 3.05) is 32.5 Å². The number of nitrogens with one attached hydrogen (secondary N) is 2. The zero-order valence-electron chi connectivity index (χ0n) is 8.90. The minimum absolute atomic E-state index is 0.0619. The lowest BCUT2D eigenvalue weighted by Gasteiger charge is -2.27. The van der Waals surface area contributed by atoms with Crippen molar-refractivity contribution in [2.45, 2.75) is 12.5 Å². The summed E-state index contributed by atoms with van der Waals surface area (Å²) in [6.45, 7) is 3.19. The van der Waals surface area contributed by atoms with Crippen molar-refractivity contribution in [3.05, 3.63) is 0 Å². The second kappa shape index (κ2) is 4.37. The van der Waals surface area contributed by atoms with Crippen LogP contribution in [0.5, 0.6) is 0 Å². The Morgan fingerprint density at radius 3 is 3.07 bits per heavy atom. The van der Waals surface area contributed by atoms with E-state index < -0.39 is 10.0 Å². The van der Waals surface area contributed by atoms with E-state index in [9.17, 15) is 8.42 Å². The van der Waals surface area contributed by atoms with Gasteiger partial charge in [0.2, 0.25) is 10.0 Å². The molecule has 15 heavy (non-hydrogen) atoms. The van der Waals surface area contributed by atoms with Crippen molar-refractivity contribution < 1.29 is 13.2 Å². The van der Waals surface area contributed by atoms with E-state index in [0.717, 1.165) is 26.1 Å². The number of hydrogen-bond donors (Lipinski definition) is 2. The highest BCUT2D eigenvalue weighted by molar-refractivity contribution is 7.88. The van der Waals surface area contributed by atoms with E-state index in [4.69, 9.17) is 4.74 Å². The zero-order valence-corrected chi connectivity index (χ0v) is 9.72. The molecule has 0 aromatic heterocycles. The molecule has 0 bridgehead atoms. The molecule has 0 spiro atoms. The number of hydrogen-bond acceptors (Lipinski definition) is 4. The minimum atomic E-state index is -3.10. The lowest BCUT2D eigenvalue weighted by atomic mass is 9.85. The van der Waals surface area contributed by atoms with E-state index in [2.05, 4.69) is 10.0 Å². The SMILES string of the molecule is CS(=O)(=O)NC[C@H]1OC[C@@H]2CNCC[C@@H]21. The summed E-state index contributed by atoms with van der Waals surface area (Å²) in [4.78, 5) is 0. The Hall–Kier alpha value is -0.170. The summed E-state index contributed by atoms with van der Waals surface area (Å²) in [5, 5.41) is 3.33. The Balaban J connectivity index is 1.88. The molecule has 0 saturated carbocycles. The standard InChI is InChI=1S/C9H18N2O3S/c1-15(12,13)11-5-9-8-2-3-10-4-7(8)6-14-9/h7-11H,2-6H2,1H3/t7-,8-,9+/m0/s1. The third kappa shape index (κ3) is 2.90. The maximum atomic E-state index is 11.0. The summed E-state index contributed by atoms with van der Waals surface area (Å²) in [5.41, 5.74) is 0. The van der Waals surface area contributed by atoms with Crippen LogP contribution < -0.4 is 10.0 Å². The molecular weight excluding hydrogens is 216 g/mol. The summed E-state index contributed by atoms with van der Waals surface area (Å²) in [5.74, 6) is 1.07. The Kier molecular flexibility index (Phi) is 3.30. The van der Waals surface area contributed by atoms with Gasteiger partial charge in [-0.25, -0.2) is 13.1 Å². The third-order valence-corrected chi connectivity index (χ3v) is 3.91. The number of sulfonamides is 1. The molecule has 5 nitrogen and oxygen atoms in total. The molecular formula is C9H18N2O3S. The first-order chi connectivity index (χ1) is 7.06. The maximum Gasteiger partial charge on any atom is 0.208 e. The smallest absolute Gasteiger partial charge is 0.208 e. The Morgan fingerprint density at radius 1 is 1.53 bits per heavy atom. The van der Waals surface area contributed by atoms with Gasteiger partial charge in [0.1, 0.15) is 0 Å². The van der Waals surface area contributed by atoms with E-state index in [0.29, 0.717) is 18.4 Å². The second-order valence-corrected chi connectivity index (χ2v) is 6.24. The van der Waals surface area contributed by atoms with E-state index >= 15 is 0 Å². The van der Waals surface area contributed by atoms with Crippen LogP contribution >= 0.6 is 0 Å². The maximum absolute atomic E-state index is 11.0. The highest BCUT2D eigenvalue weighted by Crippen LogP contribution is 2.31. The van der Waals surface area contributed by atoms with Crippen LogP contribution in [0.3, 0.4) is 0 Å². The van der Waals surface area contributed by atoms with Crippen LogP contribution in [0.4, 0.5) is 0 Å². The predicted octanol–water partition coefficient (Wildman–Crippen LogP) is -0.840. The Bertz CT molecular complexity index is 317.